The number of anilines is 1. The minimum atomic E-state index is -4.06. The molecule has 0 radical (unpaired) electrons. The molecule has 0 atom stereocenters. The highest BCUT2D eigenvalue weighted by Crippen LogP contribution is 2.33. The van der Waals surface area contributed by atoms with Gasteiger partial charge in [0.2, 0.25) is 0 Å². The molecule has 3 aromatic heterocycles. The Morgan fingerprint density at radius 2 is 1.88 bits per heavy atom. The number of sulfonamides is 1. The number of halogens is 1. The smallest absolute Gasteiger partial charge is 0.266 e. The predicted molar refractivity (Wildman–Crippen MR) is 161 cm³/mol. The summed E-state index contributed by atoms with van der Waals surface area (Å²) in [7, 11) is -4.06. The molecule has 1 aromatic carbocycles. The lowest BCUT2D eigenvalue weighted by molar-refractivity contribution is 0.134. The van der Waals surface area contributed by atoms with Gasteiger partial charge in [0.1, 0.15) is 15.2 Å². The molecule has 0 amide bonds. The van der Waals surface area contributed by atoms with Gasteiger partial charge >= 0.3 is 0 Å². The van der Waals surface area contributed by atoms with Gasteiger partial charge in [0.15, 0.2) is 5.82 Å². The lowest BCUT2D eigenvalue weighted by Crippen LogP contribution is -2.15. The summed E-state index contributed by atoms with van der Waals surface area (Å²) < 4.78 is 42.8. The van der Waals surface area contributed by atoms with Crippen molar-refractivity contribution in [3.8, 4) is 11.3 Å². The Morgan fingerprint density at radius 1 is 1.10 bits per heavy atom. The number of benzene rings is 1. The van der Waals surface area contributed by atoms with Gasteiger partial charge in [-0.05, 0) is 65.9 Å². The van der Waals surface area contributed by atoms with Crippen molar-refractivity contribution in [1.29, 1.82) is 0 Å². The summed E-state index contributed by atoms with van der Waals surface area (Å²) in [4.78, 5) is 9.33. The first-order valence-corrected chi connectivity index (χ1v) is 16.3. The summed E-state index contributed by atoms with van der Waals surface area (Å²) in [5.41, 5.74) is 3.38. The number of aryl methyl sites for hydroxylation is 3. The second-order valence-corrected chi connectivity index (χ2v) is 12.2. The molecule has 10 nitrogen and oxygen atoms in total. The van der Waals surface area contributed by atoms with Gasteiger partial charge < -0.3 is 9.26 Å². The molecule has 0 unspecified atom stereocenters. The van der Waals surface area contributed by atoms with Crippen LogP contribution >= 0.6 is 15.9 Å². The van der Waals surface area contributed by atoms with Crippen LogP contribution in [0.2, 0.25) is 0 Å². The van der Waals surface area contributed by atoms with Gasteiger partial charge in [0.05, 0.1) is 24.5 Å². The molecule has 0 saturated carbocycles. The SMILES string of the molecule is CCCCc1nc(CCCC)n(Cc2ccc(-c3ncccc3S(=O)(=O)Nc3onc(C)c3Br)c(COCC)c2)n1. The summed E-state index contributed by atoms with van der Waals surface area (Å²) in [5.74, 6) is 1.88. The van der Waals surface area contributed by atoms with Crippen LogP contribution in [0.3, 0.4) is 0 Å². The number of rotatable bonds is 15. The van der Waals surface area contributed by atoms with E-state index in [1.165, 1.54) is 6.07 Å². The Bertz CT molecular complexity index is 1570. The first kappa shape index (κ1) is 30.9. The third-order valence-corrected chi connectivity index (χ3v) is 8.89. The highest BCUT2D eigenvalue weighted by molar-refractivity contribution is 9.10. The van der Waals surface area contributed by atoms with Crippen molar-refractivity contribution in [3.05, 3.63) is 69.5 Å². The largest absolute Gasteiger partial charge is 0.377 e. The van der Waals surface area contributed by atoms with Crippen LogP contribution < -0.4 is 4.72 Å². The van der Waals surface area contributed by atoms with E-state index in [0.29, 0.717) is 41.2 Å². The van der Waals surface area contributed by atoms with Crippen molar-refractivity contribution in [2.24, 2.45) is 0 Å². The minimum Gasteiger partial charge on any atom is -0.377 e. The standard InChI is InChI=1S/C29H37BrN6O4S/c1-5-8-12-25-32-26(13-9-6-2)36(33-25)18-21-14-15-23(22(17-21)19-39-7-3)28-24(11-10-16-31-28)41(37,38)35-29-27(30)20(4)34-40-29/h10-11,14-17,35H,5-9,12-13,18-19H2,1-4H3. The zero-order chi connectivity index (χ0) is 29.4. The number of aromatic nitrogens is 5. The van der Waals surface area contributed by atoms with Crippen LogP contribution in [0.1, 0.15) is 74.9 Å². The van der Waals surface area contributed by atoms with E-state index in [0.717, 1.165) is 61.3 Å². The van der Waals surface area contributed by atoms with E-state index in [2.05, 4.69) is 44.6 Å². The van der Waals surface area contributed by atoms with E-state index in [1.807, 2.05) is 29.8 Å². The molecule has 1 N–H and O–H groups in total. The summed E-state index contributed by atoms with van der Waals surface area (Å²) in [6.45, 7) is 9.35. The average Bonchev–Trinajstić information content (AvgIpc) is 3.50. The fourth-order valence-corrected chi connectivity index (χ4v) is 5.95. The number of hydrogen-bond donors (Lipinski definition) is 1. The fourth-order valence-electron chi connectivity index (χ4n) is 4.40. The van der Waals surface area contributed by atoms with Gasteiger partial charge in [-0.2, -0.15) is 5.10 Å². The minimum absolute atomic E-state index is 0.00667. The second-order valence-electron chi connectivity index (χ2n) is 9.80. The van der Waals surface area contributed by atoms with Gasteiger partial charge in [-0.25, -0.2) is 22.8 Å². The summed E-state index contributed by atoms with van der Waals surface area (Å²) in [6.07, 6.45) is 7.61. The number of nitrogens with one attached hydrogen (secondary N) is 1. The van der Waals surface area contributed by atoms with Crippen molar-refractivity contribution in [2.75, 3.05) is 11.3 Å². The topological polar surface area (TPSA) is 125 Å². The van der Waals surface area contributed by atoms with E-state index in [-0.39, 0.29) is 10.8 Å². The van der Waals surface area contributed by atoms with Crippen molar-refractivity contribution < 1.29 is 17.7 Å². The van der Waals surface area contributed by atoms with Crippen LogP contribution in [0, 0.1) is 6.92 Å². The Morgan fingerprint density at radius 3 is 2.59 bits per heavy atom. The quantitative estimate of drug-likeness (QED) is 0.156. The number of pyridine rings is 1. The molecule has 4 rings (SSSR count). The van der Waals surface area contributed by atoms with Crippen molar-refractivity contribution in [3.63, 3.8) is 0 Å². The van der Waals surface area contributed by atoms with Crippen LogP contribution in [0.25, 0.3) is 11.3 Å². The Labute approximate surface area is 250 Å². The molecule has 0 aliphatic heterocycles. The maximum Gasteiger partial charge on any atom is 0.266 e. The summed E-state index contributed by atoms with van der Waals surface area (Å²) in [6, 6.07) is 9.04. The lowest BCUT2D eigenvalue weighted by atomic mass is 10.0. The molecule has 0 spiro atoms. The van der Waals surface area contributed by atoms with Crippen LogP contribution in [0.5, 0.6) is 0 Å². The van der Waals surface area contributed by atoms with Gasteiger partial charge in [0, 0.05) is 31.2 Å². The molecule has 4 aromatic rings. The van der Waals surface area contributed by atoms with Gasteiger partial charge in [-0.3, -0.25) is 4.98 Å². The number of nitrogens with zero attached hydrogens (tertiary/aromatic N) is 5. The molecule has 220 valence electrons. The monoisotopic (exact) mass is 644 g/mol. The second kappa shape index (κ2) is 14.2. The Hall–Kier alpha value is -3.09. The molecule has 0 fully saturated rings. The van der Waals surface area contributed by atoms with Crippen molar-refractivity contribution >= 4 is 31.8 Å². The number of ether oxygens (including phenoxy) is 1. The maximum absolute atomic E-state index is 13.5. The highest BCUT2D eigenvalue weighted by atomic mass is 79.9. The normalized spacial score (nSPS) is 11.7. The van der Waals surface area contributed by atoms with Gasteiger partial charge in [-0.1, -0.05) is 50.0 Å². The van der Waals surface area contributed by atoms with E-state index < -0.39 is 10.0 Å². The van der Waals surface area contributed by atoms with Crippen LogP contribution in [-0.4, -0.2) is 39.9 Å². The highest BCUT2D eigenvalue weighted by Gasteiger charge is 2.25. The van der Waals surface area contributed by atoms with Crippen LogP contribution in [-0.2, 0) is 40.8 Å². The molecule has 3 heterocycles. The Kier molecular flexibility index (Phi) is 10.7. The van der Waals surface area contributed by atoms with Crippen LogP contribution in [0.4, 0.5) is 5.88 Å². The number of unbranched alkanes of at least 4 members (excludes halogenated alkanes) is 2. The molecule has 12 heteroatoms. The first-order valence-electron chi connectivity index (χ1n) is 14.0. The molecule has 41 heavy (non-hydrogen) atoms. The first-order chi connectivity index (χ1) is 19.8. The zero-order valence-electron chi connectivity index (χ0n) is 24.0. The molecular formula is C29H37BrN6O4S. The van der Waals surface area contributed by atoms with E-state index >= 15 is 0 Å². The molecule has 0 aliphatic carbocycles. The zero-order valence-corrected chi connectivity index (χ0v) is 26.4. The Balaban J connectivity index is 1.70. The average molecular weight is 646 g/mol. The lowest BCUT2D eigenvalue weighted by Gasteiger charge is -2.15. The van der Waals surface area contributed by atoms with E-state index in [4.69, 9.17) is 19.3 Å². The third-order valence-electron chi connectivity index (χ3n) is 6.60. The van der Waals surface area contributed by atoms with Gasteiger partial charge in [-0.15, -0.1) is 0 Å². The molecular weight excluding hydrogens is 608 g/mol. The number of hydrogen-bond acceptors (Lipinski definition) is 8. The fraction of sp³-hybridized carbons (Fsp3) is 0.448. The molecule has 0 bridgehead atoms. The van der Waals surface area contributed by atoms with E-state index in [9.17, 15) is 8.42 Å². The van der Waals surface area contributed by atoms with Crippen molar-refractivity contribution in [2.45, 2.75) is 84.3 Å². The predicted octanol–water partition coefficient (Wildman–Crippen LogP) is 6.47. The maximum atomic E-state index is 13.5. The summed E-state index contributed by atoms with van der Waals surface area (Å²) in [5, 5.41) is 8.63. The van der Waals surface area contributed by atoms with Gasteiger partial charge in [0.25, 0.3) is 15.9 Å². The van der Waals surface area contributed by atoms with E-state index in [1.54, 1.807) is 19.2 Å². The molecule has 0 aliphatic rings. The van der Waals surface area contributed by atoms with Crippen LogP contribution in [0.15, 0.2) is 50.4 Å². The summed E-state index contributed by atoms with van der Waals surface area (Å²) >= 11 is 3.32. The third kappa shape index (κ3) is 7.60. The molecule has 0 saturated heterocycles. The van der Waals surface area contributed by atoms with Crippen molar-refractivity contribution in [1.82, 2.24) is 24.9 Å².